The highest BCUT2D eigenvalue weighted by Crippen LogP contribution is 2.40. The van der Waals surface area contributed by atoms with Gasteiger partial charge < -0.3 is 14.4 Å². The molecule has 1 saturated heterocycles. The molecule has 6 heteroatoms. The summed E-state index contributed by atoms with van der Waals surface area (Å²) < 4.78 is 11.0. The Bertz CT molecular complexity index is 1000. The topological polar surface area (TPSA) is 59.1 Å². The molecule has 2 aliphatic rings. The number of aryl methyl sites for hydroxylation is 1. The van der Waals surface area contributed by atoms with Crippen molar-refractivity contribution in [3.8, 4) is 11.5 Å². The molecule has 2 aromatic rings. The molecule has 0 aromatic heterocycles. The molecule has 6 nitrogen and oxygen atoms in total. The first-order valence-electron chi connectivity index (χ1n) is 10.3. The minimum atomic E-state index is -0.324. The van der Waals surface area contributed by atoms with E-state index in [2.05, 4.69) is 0 Å². The molecule has 2 heterocycles. The minimum Gasteiger partial charge on any atom is -0.495 e. The molecule has 2 aliphatic heterocycles. The average molecular weight is 406 g/mol. The summed E-state index contributed by atoms with van der Waals surface area (Å²) in [6, 6.07) is 12.9. The van der Waals surface area contributed by atoms with Gasteiger partial charge in [-0.15, -0.1) is 0 Å². The molecular weight excluding hydrogens is 380 g/mol. The highest BCUT2D eigenvalue weighted by molar-refractivity contribution is 6.45. The SMILES string of the molecule is CCOc1ccc(C2=C(N3CCCC3)C(=O)N(c3cc(C)ccc3OC)C2=O)cc1. The lowest BCUT2D eigenvalue weighted by Gasteiger charge is -2.21. The van der Waals surface area contributed by atoms with Gasteiger partial charge in [0.05, 0.1) is 25.0 Å². The van der Waals surface area contributed by atoms with Crippen LogP contribution in [-0.2, 0) is 9.59 Å². The number of nitrogens with zero attached hydrogens (tertiary/aromatic N) is 2. The van der Waals surface area contributed by atoms with Crippen molar-refractivity contribution in [3.05, 3.63) is 59.3 Å². The first kappa shape index (κ1) is 20.0. The van der Waals surface area contributed by atoms with E-state index in [0.29, 0.717) is 34.9 Å². The largest absolute Gasteiger partial charge is 0.495 e. The third-order valence-electron chi connectivity index (χ3n) is 5.51. The Balaban J connectivity index is 1.82. The zero-order chi connectivity index (χ0) is 21.3. The fraction of sp³-hybridized carbons (Fsp3) is 0.333. The Hall–Kier alpha value is -3.28. The predicted octanol–water partition coefficient (Wildman–Crippen LogP) is 3.78. The van der Waals surface area contributed by atoms with Crippen LogP contribution in [0.25, 0.3) is 5.57 Å². The Morgan fingerprint density at radius 1 is 0.967 bits per heavy atom. The van der Waals surface area contributed by atoms with Crippen LogP contribution in [0.15, 0.2) is 48.2 Å². The van der Waals surface area contributed by atoms with Gasteiger partial charge in [-0.05, 0) is 62.1 Å². The van der Waals surface area contributed by atoms with E-state index in [1.807, 2.05) is 55.1 Å². The van der Waals surface area contributed by atoms with Crippen molar-refractivity contribution >= 4 is 23.1 Å². The van der Waals surface area contributed by atoms with Crippen LogP contribution in [0.3, 0.4) is 0 Å². The van der Waals surface area contributed by atoms with Crippen molar-refractivity contribution in [3.63, 3.8) is 0 Å². The van der Waals surface area contributed by atoms with Crippen LogP contribution in [0, 0.1) is 6.92 Å². The molecule has 4 rings (SSSR count). The second-order valence-electron chi connectivity index (χ2n) is 7.50. The molecule has 0 aliphatic carbocycles. The first-order chi connectivity index (χ1) is 14.5. The molecule has 0 radical (unpaired) electrons. The summed E-state index contributed by atoms with van der Waals surface area (Å²) in [6.45, 7) is 5.96. The summed E-state index contributed by atoms with van der Waals surface area (Å²) in [7, 11) is 1.54. The summed E-state index contributed by atoms with van der Waals surface area (Å²) in [5.41, 5.74) is 3.06. The van der Waals surface area contributed by atoms with Gasteiger partial charge in [0.25, 0.3) is 11.8 Å². The molecule has 30 heavy (non-hydrogen) atoms. The third kappa shape index (κ3) is 3.43. The van der Waals surface area contributed by atoms with Crippen molar-refractivity contribution in [1.82, 2.24) is 4.90 Å². The summed E-state index contributed by atoms with van der Waals surface area (Å²) in [5, 5.41) is 0. The lowest BCUT2D eigenvalue weighted by atomic mass is 10.0. The number of carbonyl (C=O) groups excluding carboxylic acids is 2. The quantitative estimate of drug-likeness (QED) is 0.684. The van der Waals surface area contributed by atoms with Crippen LogP contribution in [0.1, 0.15) is 30.9 Å². The standard InChI is InChI=1S/C24H26N2O4/c1-4-30-18-10-8-17(9-11-18)21-22(25-13-5-6-14-25)24(28)26(23(21)27)19-15-16(2)7-12-20(19)29-3/h7-12,15H,4-6,13-14H2,1-3H3. The maximum atomic E-state index is 13.6. The van der Waals surface area contributed by atoms with E-state index in [9.17, 15) is 9.59 Å². The van der Waals surface area contributed by atoms with Gasteiger partial charge in [-0.3, -0.25) is 9.59 Å². The molecule has 0 saturated carbocycles. The van der Waals surface area contributed by atoms with Gasteiger partial charge in [0.15, 0.2) is 0 Å². The fourth-order valence-electron chi connectivity index (χ4n) is 4.09. The Kier molecular flexibility index (Phi) is 5.48. The monoisotopic (exact) mass is 406 g/mol. The van der Waals surface area contributed by atoms with Crippen LogP contribution in [0.2, 0.25) is 0 Å². The van der Waals surface area contributed by atoms with E-state index in [4.69, 9.17) is 9.47 Å². The molecular formula is C24H26N2O4. The van der Waals surface area contributed by atoms with Gasteiger partial charge >= 0.3 is 0 Å². The first-order valence-corrected chi connectivity index (χ1v) is 10.3. The van der Waals surface area contributed by atoms with E-state index in [0.717, 1.165) is 37.2 Å². The maximum absolute atomic E-state index is 13.6. The minimum absolute atomic E-state index is 0.297. The van der Waals surface area contributed by atoms with Crippen LogP contribution in [0.5, 0.6) is 11.5 Å². The lowest BCUT2D eigenvalue weighted by molar-refractivity contribution is -0.120. The predicted molar refractivity (Wildman–Crippen MR) is 116 cm³/mol. The number of rotatable bonds is 6. The second-order valence-corrected chi connectivity index (χ2v) is 7.50. The highest BCUT2D eigenvalue weighted by atomic mass is 16.5. The van der Waals surface area contributed by atoms with Crippen LogP contribution >= 0.6 is 0 Å². The molecule has 0 atom stereocenters. The van der Waals surface area contributed by atoms with Crippen molar-refractivity contribution in [2.75, 3.05) is 31.7 Å². The second kappa shape index (κ2) is 8.22. The van der Waals surface area contributed by atoms with Crippen LogP contribution in [-0.4, -0.2) is 43.5 Å². The smallest absolute Gasteiger partial charge is 0.282 e. The number of likely N-dealkylation sites (tertiary alicyclic amines) is 1. The zero-order valence-corrected chi connectivity index (χ0v) is 17.6. The molecule has 2 amide bonds. The normalized spacial score (nSPS) is 16.6. The summed E-state index contributed by atoms with van der Waals surface area (Å²) >= 11 is 0. The van der Waals surface area contributed by atoms with Crippen LogP contribution in [0.4, 0.5) is 5.69 Å². The van der Waals surface area contributed by atoms with Gasteiger partial charge in [-0.2, -0.15) is 0 Å². The van der Waals surface area contributed by atoms with Gasteiger partial charge in [0.2, 0.25) is 0 Å². The highest BCUT2D eigenvalue weighted by Gasteiger charge is 2.43. The Morgan fingerprint density at radius 3 is 2.30 bits per heavy atom. The van der Waals surface area contributed by atoms with E-state index in [-0.39, 0.29) is 11.8 Å². The number of hydrogen-bond acceptors (Lipinski definition) is 5. The Labute approximate surface area is 176 Å². The number of carbonyl (C=O) groups is 2. The summed E-state index contributed by atoms with van der Waals surface area (Å²) in [6.07, 6.45) is 2.02. The number of ether oxygens (including phenoxy) is 2. The molecule has 0 bridgehead atoms. The van der Waals surface area contributed by atoms with E-state index < -0.39 is 0 Å². The molecule has 0 N–H and O–H groups in total. The van der Waals surface area contributed by atoms with Crippen LogP contribution < -0.4 is 14.4 Å². The molecule has 2 aromatic carbocycles. The summed E-state index contributed by atoms with van der Waals surface area (Å²) in [5.74, 6) is 0.610. The third-order valence-corrected chi connectivity index (χ3v) is 5.51. The van der Waals surface area contributed by atoms with Gasteiger partial charge in [-0.25, -0.2) is 4.90 Å². The molecule has 1 fully saturated rings. The summed E-state index contributed by atoms with van der Waals surface area (Å²) in [4.78, 5) is 30.5. The zero-order valence-electron chi connectivity index (χ0n) is 17.6. The van der Waals surface area contributed by atoms with Crippen molar-refractivity contribution in [1.29, 1.82) is 0 Å². The van der Waals surface area contributed by atoms with Crippen molar-refractivity contribution in [2.45, 2.75) is 26.7 Å². The number of methoxy groups -OCH3 is 1. The Morgan fingerprint density at radius 2 is 1.67 bits per heavy atom. The lowest BCUT2D eigenvalue weighted by Crippen LogP contribution is -2.34. The number of anilines is 1. The van der Waals surface area contributed by atoms with Crippen molar-refractivity contribution < 1.29 is 19.1 Å². The molecule has 0 spiro atoms. The number of imide groups is 1. The molecule has 156 valence electrons. The number of amides is 2. The average Bonchev–Trinajstić information content (AvgIpc) is 3.35. The van der Waals surface area contributed by atoms with Crippen molar-refractivity contribution in [2.24, 2.45) is 0 Å². The van der Waals surface area contributed by atoms with E-state index in [1.54, 1.807) is 13.2 Å². The van der Waals surface area contributed by atoms with Gasteiger partial charge in [0, 0.05) is 13.1 Å². The fourth-order valence-corrected chi connectivity index (χ4v) is 4.09. The molecule has 0 unspecified atom stereocenters. The van der Waals surface area contributed by atoms with E-state index in [1.165, 1.54) is 4.90 Å². The van der Waals surface area contributed by atoms with Gasteiger partial charge in [0.1, 0.15) is 17.2 Å². The van der Waals surface area contributed by atoms with Gasteiger partial charge in [-0.1, -0.05) is 18.2 Å². The number of benzene rings is 2. The van der Waals surface area contributed by atoms with E-state index >= 15 is 0 Å². The maximum Gasteiger partial charge on any atom is 0.282 e. The number of hydrogen-bond donors (Lipinski definition) is 0.